The lowest BCUT2D eigenvalue weighted by molar-refractivity contribution is -0.115. The van der Waals surface area contributed by atoms with Crippen LogP contribution in [0.25, 0.3) is 0 Å². The third kappa shape index (κ3) is 6.08. The average Bonchev–Trinajstić information content (AvgIpc) is 2.63. The summed E-state index contributed by atoms with van der Waals surface area (Å²) in [6.45, 7) is 4.39. The van der Waals surface area contributed by atoms with Crippen molar-refractivity contribution < 1.29 is 9.59 Å². The summed E-state index contributed by atoms with van der Waals surface area (Å²) in [5.41, 5.74) is 2.33. The average molecular weight is 388 g/mol. The maximum atomic E-state index is 12.3. The molecule has 0 saturated carbocycles. The molecule has 0 fully saturated rings. The first kappa shape index (κ1) is 20.9. The predicted octanol–water partition coefficient (Wildman–Crippen LogP) is 3.97. The molecule has 0 aliphatic carbocycles. The van der Waals surface area contributed by atoms with Crippen molar-refractivity contribution in [2.24, 2.45) is 5.92 Å². The van der Waals surface area contributed by atoms with Crippen molar-refractivity contribution >= 4 is 29.1 Å². The van der Waals surface area contributed by atoms with Crippen LogP contribution in [0.5, 0.6) is 0 Å². The van der Waals surface area contributed by atoms with Crippen molar-refractivity contribution in [2.75, 3.05) is 26.0 Å². The van der Waals surface area contributed by atoms with Crippen molar-refractivity contribution in [2.45, 2.75) is 19.9 Å². The molecule has 0 bridgehead atoms. The fourth-order valence-electron chi connectivity index (χ4n) is 2.77. The topological polar surface area (TPSA) is 61.4 Å². The Morgan fingerprint density at radius 1 is 1.00 bits per heavy atom. The smallest absolute Gasteiger partial charge is 0.253 e. The van der Waals surface area contributed by atoms with Crippen molar-refractivity contribution in [1.29, 1.82) is 0 Å². The number of hydrogen-bond donors (Lipinski definition) is 2. The first-order chi connectivity index (χ1) is 12.8. The lowest BCUT2D eigenvalue weighted by Gasteiger charge is -2.23. The van der Waals surface area contributed by atoms with Gasteiger partial charge in [-0.3, -0.25) is 9.59 Å². The highest BCUT2D eigenvalue weighted by molar-refractivity contribution is 6.30. The van der Waals surface area contributed by atoms with Crippen LogP contribution in [0, 0.1) is 5.92 Å². The number of amides is 2. The third-order valence-corrected chi connectivity index (χ3v) is 4.45. The van der Waals surface area contributed by atoms with E-state index in [-0.39, 0.29) is 24.4 Å². The summed E-state index contributed by atoms with van der Waals surface area (Å²) in [6, 6.07) is 14.6. The Morgan fingerprint density at radius 3 is 2.11 bits per heavy atom. The normalized spacial score (nSPS) is 11.9. The zero-order valence-electron chi connectivity index (χ0n) is 16.1. The number of nitrogens with one attached hydrogen (secondary N) is 2. The minimum absolute atomic E-state index is 0.0492. The van der Waals surface area contributed by atoms with Gasteiger partial charge in [-0.2, -0.15) is 0 Å². The van der Waals surface area contributed by atoms with Gasteiger partial charge in [0.25, 0.3) is 5.91 Å². The largest absolute Gasteiger partial charge is 0.345 e. The number of carbonyl (C=O) groups excluding carboxylic acids is 2. The minimum atomic E-state index is -0.138. The Labute approximate surface area is 165 Å². The molecular formula is C21H26ClN3O2. The van der Waals surface area contributed by atoms with Crippen molar-refractivity contribution in [3.05, 3.63) is 64.7 Å². The standard InChI is InChI=1S/C21H26ClN3O2/c1-14(2)20(15-5-9-17(22)10-6-15)23-13-19(26)24-18-11-7-16(8-12-18)21(27)25(3)4/h5-12,14,20,23H,13H2,1-4H3,(H,24,26)/t20-/m1/s1. The number of anilines is 1. The molecule has 0 spiro atoms. The maximum absolute atomic E-state index is 12.3. The third-order valence-electron chi connectivity index (χ3n) is 4.20. The van der Waals surface area contributed by atoms with Gasteiger partial charge >= 0.3 is 0 Å². The Kier molecular flexibility index (Phi) is 7.39. The molecule has 0 aliphatic heterocycles. The molecular weight excluding hydrogens is 362 g/mol. The SMILES string of the molecule is CC(C)[C@@H](NCC(=O)Nc1ccc(C(=O)N(C)C)cc1)c1ccc(Cl)cc1. The van der Waals surface area contributed by atoms with E-state index in [0.29, 0.717) is 22.2 Å². The fourth-order valence-corrected chi connectivity index (χ4v) is 2.90. The van der Waals surface area contributed by atoms with E-state index in [2.05, 4.69) is 24.5 Å². The summed E-state index contributed by atoms with van der Waals surface area (Å²) in [4.78, 5) is 25.7. The van der Waals surface area contributed by atoms with E-state index in [9.17, 15) is 9.59 Å². The molecule has 2 rings (SSSR count). The number of hydrogen-bond acceptors (Lipinski definition) is 3. The number of nitrogens with zero attached hydrogens (tertiary/aromatic N) is 1. The Morgan fingerprint density at radius 2 is 1.59 bits per heavy atom. The van der Waals surface area contributed by atoms with Gasteiger partial charge in [-0.05, 0) is 47.9 Å². The molecule has 0 saturated heterocycles. The van der Waals surface area contributed by atoms with Gasteiger partial charge < -0.3 is 15.5 Å². The molecule has 2 N–H and O–H groups in total. The molecule has 5 nitrogen and oxygen atoms in total. The van der Waals surface area contributed by atoms with Crippen LogP contribution in [-0.4, -0.2) is 37.4 Å². The summed E-state index contributed by atoms with van der Waals surface area (Å²) in [5, 5.41) is 6.84. The molecule has 2 aromatic carbocycles. The summed E-state index contributed by atoms with van der Waals surface area (Å²) < 4.78 is 0. The van der Waals surface area contributed by atoms with E-state index >= 15 is 0 Å². The molecule has 0 aromatic heterocycles. The molecule has 27 heavy (non-hydrogen) atoms. The van der Waals surface area contributed by atoms with E-state index in [1.807, 2.05) is 24.3 Å². The second kappa shape index (κ2) is 9.53. The van der Waals surface area contributed by atoms with E-state index in [4.69, 9.17) is 11.6 Å². The van der Waals surface area contributed by atoms with Crippen molar-refractivity contribution in [1.82, 2.24) is 10.2 Å². The van der Waals surface area contributed by atoms with Crippen LogP contribution in [0.4, 0.5) is 5.69 Å². The second-order valence-corrected chi connectivity index (χ2v) is 7.42. The second-order valence-electron chi connectivity index (χ2n) is 6.98. The van der Waals surface area contributed by atoms with Crippen LogP contribution in [0.1, 0.15) is 35.8 Å². The van der Waals surface area contributed by atoms with Gasteiger partial charge in [0.2, 0.25) is 5.91 Å². The summed E-state index contributed by atoms with van der Waals surface area (Å²) in [5.74, 6) is 0.105. The first-order valence-corrected chi connectivity index (χ1v) is 9.26. The first-order valence-electron chi connectivity index (χ1n) is 8.88. The summed E-state index contributed by atoms with van der Waals surface area (Å²) >= 11 is 5.95. The van der Waals surface area contributed by atoms with Gasteiger partial charge in [0.05, 0.1) is 6.54 Å². The zero-order valence-corrected chi connectivity index (χ0v) is 16.9. The lowest BCUT2D eigenvalue weighted by atomic mass is 9.96. The molecule has 0 radical (unpaired) electrons. The van der Waals surface area contributed by atoms with Gasteiger partial charge in [-0.25, -0.2) is 0 Å². The highest BCUT2D eigenvalue weighted by Crippen LogP contribution is 2.23. The quantitative estimate of drug-likeness (QED) is 0.755. The summed E-state index contributed by atoms with van der Waals surface area (Å²) in [7, 11) is 3.41. The van der Waals surface area contributed by atoms with E-state index in [1.54, 1.807) is 38.4 Å². The number of rotatable bonds is 7. The molecule has 6 heteroatoms. The molecule has 0 unspecified atom stereocenters. The number of benzene rings is 2. The van der Waals surface area contributed by atoms with Crippen LogP contribution >= 0.6 is 11.6 Å². The highest BCUT2D eigenvalue weighted by atomic mass is 35.5. The van der Waals surface area contributed by atoms with Gasteiger partial charge in [-0.15, -0.1) is 0 Å². The zero-order chi connectivity index (χ0) is 20.0. The fraction of sp³-hybridized carbons (Fsp3) is 0.333. The monoisotopic (exact) mass is 387 g/mol. The van der Waals surface area contributed by atoms with Crippen LogP contribution in [0.15, 0.2) is 48.5 Å². The van der Waals surface area contributed by atoms with Crippen molar-refractivity contribution in [3.63, 3.8) is 0 Å². The molecule has 0 heterocycles. The van der Waals surface area contributed by atoms with Crippen LogP contribution in [0.2, 0.25) is 5.02 Å². The van der Waals surface area contributed by atoms with Gasteiger partial charge in [0, 0.05) is 36.4 Å². The van der Waals surface area contributed by atoms with Gasteiger partial charge in [0.1, 0.15) is 0 Å². The molecule has 2 amide bonds. The lowest BCUT2D eigenvalue weighted by Crippen LogP contribution is -2.33. The summed E-state index contributed by atoms with van der Waals surface area (Å²) in [6.07, 6.45) is 0. The highest BCUT2D eigenvalue weighted by Gasteiger charge is 2.16. The number of carbonyl (C=O) groups is 2. The molecule has 1 atom stereocenters. The minimum Gasteiger partial charge on any atom is -0.345 e. The molecule has 0 aliphatic rings. The predicted molar refractivity (Wildman–Crippen MR) is 110 cm³/mol. The molecule has 144 valence electrons. The Bertz CT molecular complexity index is 771. The maximum Gasteiger partial charge on any atom is 0.253 e. The van der Waals surface area contributed by atoms with E-state index in [0.717, 1.165) is 5.56 Å². The Balaban J connectivity index is 1.94. The van der Waals surface area contributed by atoms with Crippen molar-refractivity contribution in [3.8, 4) is 0 Å². The van der Waals surface area contributed by atoms with E-state index < -0.39 is 0 Å². The number of halogens is 1. The van der Waals surface area contributed by atoms with E-state index in [1.165, 1.54) is 4.90 Å². The van der Waals surface area contributed by atoms with Crippen LogP contribution < -0.4 is 10.6 Å². The molecule has 2 aromatic rings. The Hall–Kier alpha value is -2.37. The van der Waals surface area contributed by atoms with Gasteiger partial charge in [-0.1, -0.05) is 37.6 Å². The van der Waals surface area contributed by atoms with Crippen LogP contribution in [0.3, 0.4) is 0 Å². The van der Waals surface area contributed by atoms with Crippen LogP contribution in [-0.2, 0) is 4.79 Å². The van der Waals surface area contributed by atoms with Gasteiger partial charge in [0.15, 0.2) is 0 Å².